The van der Waals surface area contributed by atoms with E-state index in [0.717, 1.165) is 11.3 Å². The number of hydrogen-bond donors (Lipinski definition) is 1. The predicted octanol–water partition coefficient (Wildman–Crippen LogP) is 2.80. The molecule has 0 amide bonds. The molecular weight excluding hydrogens is 256 g/mol. The first kappa shape index (κ1) is 15.1. The van der Waals surface area contributed by atoms with Gasteiger partial charge in [-0.25, -0.2) is 0 Å². The third-order valence-corrected chi connectivity index (χ3v) is 4.44. The molecule has 0 radical (unpaired) electrons. The molecule has 0 aromatic heterocycles. The van der Waals surface area contributed by atoms with Crippen molar-refractivity contribution < 1.29 is 19.3 Å². The molecule has 1 saturated heterocycles. The maximum atomic E-state index is 10.8. The molecule has 4 nitrogen and oxygen atoms in total. The first-order valence-corrected chi connectivity index (χ1v) is 7.05. The molecule has 1 aliphatic heterocycles. The Morgan fingerprint density at radius 2 is 1.80 bits per heavy atom. The van der Waals surface area contributed by atoms with Crippen molar-refractivity contribution in [1.29, 1.82) is 0 Å². The van der Waals surface area contributed by atoms with Crippen LogP contribution in [0.1, 0.15) is 32.4 Å². The van der Waals surface area contributed by atoms with E-state index in [1.54, 1.807) is 20.3 Å². The molecular formula is C16H24O4. The third kappa shape index (κ3) is 2.63. The number of rotatable bonds is 4. The molecule has 5 atom stereocenters. The molecule has 1 aliphatic rings. The van der Waals surface area contributed by atoms with Gasteiger partial charge in [-0.3, -0.25) is 0 Å². The lowest BCUT2D eigenvalue weighted by Gasteiger charge is -2.26. The van der Waals surface area contributed by atoms with Crippen LogP contribution in [0.15, 0.2) is 18.2 Å². The molecule has 1 heterocycles. The van der Waals surface area contributed by atoms with Crippen LogP contribution in [-0.4, -0.2) is 31.5 Å². The second kappa shape index (κ2) is 6.02. The fourth-order valence-corrected chi connectivity index (χ4v) is 3.11. The van der Waals surface area contributed by atoms with Crippen molar-refractivity contribution in [1.82, 2.24) is 0 Å². The van der Waals surface area contributed by atoms with Crippen molar-refractivity contribution in [2.45, 2.75) is 39.1 Å². The Morgan fingerprint density at radius 3 is 2.30 bits per heavy atom. The zero-order chi connectivity index (χ0) is 14.9. The number of methoxy groups -OCH3 is 2. The van der Waals surface area contributed by atoms with Crippen molar-refractivity contribution >= 4 is 0 Å². The Hall–Kier alpha value is -1.26. The van der Waals surface area contributed by atoms with Crippen molar-refractivity contribution in [2.75, 3.05) is 14.2 Å². The summed E-state index contributed by atoms with van der Waals surface area (Å²) in [7, 11) is 3.22. The van der Waals surface area contributed by atoms with Gasteiger partial charge in [0.2, 0.25) is 0 Å². The number of ether oxygens (including phenoxy) is 3. The van der Waals surface area contributed by atoms with Crippen LogP contribution in [0, 0.1) is 11.8 Å². The Bertz CT molecular complexity index is 460. The topological polar surface area (TPSA) is 47.9 Å². The van der Waals surface area contributed by atoms with E-state index in [-0.39, 0.29) is 18.1 Å². The summed E-state index contributed by atoms with van der Waals surface area (Å²) in [5.41, 5.74) is 0.787. The Balaban J connectivity index is 2.31. The Morgan fingerprint density at radius 1 is 1.10 bits per heavy atom. The number of hydrogen-bond acceptors (Lipinski definition) is 4. The quantitative estimate of drug-likeness (QED) is 0.921. The first-order chi connectivity index (χ1) is 9.49. The highest BCUT2D eigenvalue weighted by molar-refractivity contribution is 5.42. The van der Waals surface area contributed by atoms with Gasteiger partial charge in [0.1, 0.15) is 11.5 Å². The fraction of sp³-hybridized carbons (Fsp3) is 0.625. The lowest BCUT2D eigenvalue weighted by atomic mass is 9.82. The Kier molecular flexibility index (Phi) is 4.55. The van der Waals surface area contributed by atoms with Crippen LogP contribution in [0.3, 0.4) is 0 Å². The number of benzene rings is 1. The first-order valence-electron chi connectivity index (χ1n) is 7.05. The largest absolute Gasteiger partial charge is 0.497 e. The van der Waals surface area contributed by atoms with Gasteiger partial charge in [0.25, 0.3) is 0 Å². The summed E-state index contributed by atoms with van der Waals surface area (Å²) in [5, 5.41) is 10.8. The van der Waals surface area contributed by atoms with Crippen LogP contribution in [0.25, 0.3) is 0 Å². The minimum absolute atomic E-state index is 0.0295. The van der Waals surface area contributed by atoms with Gasteiger partial charge in [0, 0.05) is 17.5 Å². The van der Waals surface area contributed by atoms with Gasteiger partial charge in [0.05, 0.1) is 32.5 Å². The van der Waals surface area contributed by atoms with Gasteiger partial charge < -0.3 is 19.3 Å². The molecule has 0 saturated carbocycles. The van der Waals surface area contributed by atoms with Crippen molar-refractivity contribution in [3.63, 3.8) is 0 Å². The normalized spacial score (nSPS) is 31.1. The van der Waals surface area contributed by atoms with E-state index in [1.165, 1.54) is 0 Å². The molecule has 2 rings (SSSR count). The molecule has 0 aliphatic carbocycles. The second-order valence-corrected chi connectivity index (χ2v) is 5.54. The highest BCUT2D eigenvalue weighted by Crippen LogP contribution is 2.43. The summed E-state index contributed by atoms with van der Waals surface area (Å²) in [4.78, 5) is 0. The van der Waals surface area contributed by atoms with Crippen molar-refractivity contribution in [3.05, 3.63) is 23.8 Å². The SMILES string of the molecule is COc1ccc(C(O)C2C(C)OC(C)C2C)c(OC)c1. The minimum Gasteiger partial charge on any atom is -0.497 e. The number of aliphatic hydroxyl groups excluding tert-OH is 1. The molecule has 1 aromatic carbocycles. The minimum atomic E-state index is -0.606. The highest BCUT2D eigenvalue weighted by atomic mass is 16.5. The smallest absolute Gasteiger partial charge is 0.128 e. The maximum Gasteiger partial charge on any atom is 0.128 e. The van der Waals surface area contributed by atoms with Crippen LogP contribution in [0.2, 0.25) is 0 Å². The van der Waals surface area contributed by atoms with Crippen molar-refractivity contribution in [2.24, 2.45) is 11.8 Å². The molecule has 0 bridgehead atoms. The Labute approximate surface area is 120 Å². The van der Waals surface area contributed by atoms with Crippen molar-refractivity contribution in [3.8, 4) is 11.5 Å². The number of aliphatic hydroxyl groups is 1. The maximum absolute atomic E-state index is 10.8. The summed E-state index contributed by atoms with van der Waals surface area (Å²) >= 11 is 0. The van der Waals surface area contributed by atoms with Crippen LogP contribution >= 0.6 is 0 Å². The lowest BCUT2D eigenvalue weighted by molar-refractivity contribution is 0.0224. The second-order valence-electron chi connectivity index (χ2n) is 5.54. The summed E-state index contributed by atoms with van der Waals surface area (Å²) in [6, 6.07) is 5.51. The van der Waals surface area contributed by atoms with E-state index in [4.69, 9.17) is 14.2 Å². The molecule has 20 heavy (non-hydrogen) atoms. The highest BCUT2D eigenvalue weighted by Gasteiger charge is 2.42. The molecule has 0 spiro atoms. The molecule has 4 heteroatoms. The lowest BCUT2D eigenvalue weighted by Crippen LogP contribution is -2.25. The molecule has 112 valence electrons. The summed E-state index contributed by atoms with van der Waals surface area (Å²) in [5.74, 6) is 1.73. The van der Waals surface area contributed by atoms with E-state index < -0.39 is 6.10 Å². The molecule has 1 aromatic rings. The van der Waals surface area contributed by atoms with Crippen LogP contribution in [0.4, 0.5) is 0 Å². The average Bonchev–Trinajstić information content (AvgIpc) is 2.70. The molecule has 1 fully saturated rings. The zero-order valence-corrected chi connectivity index (χ0v) is 12.8. The van der Waals surface area contributed by atoms with Gasteiger partial charge in [-0.1, -0.05) is 6.92 Å². The fourth-order valence-electron chi connectivity index (χ4n) is 3.11. The van der Waals surface area contributed by atoms with E-state index in [2.05, 4.69) is 13.8 Å². The summed E-state index contributed by atoms with van der Waals surface area (Å²) in [6.07, 6.45) is -0.415. The molecule has 1 N–H and O–H groups in total. The predicted molar refractivity (Wildman–Crippen MR) is 77.2 cm³/mol. The molecule has 5 unspecified atom stereocenters. The van der Waals surface area contributed by atoms with E-state index >= 15 is 0 Å². The van der Waals surface area contributed by atoms with Crippen LogP contribution in [-0.2, 0) is 4.74 Å². The third-order valence-electron chi connectivity index (χ3n) is 4.44. The van der Waals surface area contributed by atoms with Gasteiger partial charge in [0.15, 0.2) is 0 Å². The van der Waals surface area contributed by atoms with Gasteiger partial charge in [-0.05, 0) is 31.9 Å². The van der Waals surface area contributed by atoms with Gasteiger partial charge in [-0.15, -0.1) is 0 Å². The van der Waals surface area contributed by atoms with Gasteiger partial charge in [-0.2, -0.15) is 0 Å². The van der Waals surface area contributed by atoms with Crippen LogP contribution in [0.5, 0.6) is 11.5 Å². The van der Waals surface area contributed by atoms with Crippen LogP contribution < -0.4 is 9.47 Å². The summed E-state index contributed by atoms with van der Waals surface area (Å²) in [6.45, 7) is 6.20. The van der Waals surface area contributed by atoms with E-state index in [0.29, 0.717) is 11.7 Å². The zero-order valence-electron chi connectivity index (χ0n) is 12.8. The monoisotopic (exact) mass is 280 g/mol. The summed E-state index contributed by atoms with van der Waals surface area (Å²) < 4.78 is 16.4. The van der Waals surface area contributed by atoms with E-state index in [9.17, 15) is 5.11 Å². The van der Waals surface area contributed by atoms with E-state index in [1.807, 2.05) is 19.1 Å². The standard InChI is InChI=1S/C16H24O4/c1-9-10(2)20-11(3)15(9)16(17)13-7-6-12(18-4)8-14(13)19-5/h6-11,15-17H,1-5H3. The van der Waals surface area contributed by atoms with Gasteiger partial charge >= 0.3 is 0 Å². The average molecular weight is 280 g/mol.